The van der Waals surface area contributed by atoms with E-state index in [1.807, 2.05) is 32.0 Å². The van der Waals surface area contributed by atoms with E-state index in [0.29, 0.717) is 11.5 Å². The van der Waals surface area contributed by atoms with Gasteiger partial charge in [-0.15, -0.1) is 0 Å². The minimum absolute atomic E-state index is 0.374. The van der Waals surface area contributed by atoms with Crippen molar-refractivity contribution in [2.45, 2.75) is 20.0 Å². The molecule has 2 atom stereocenters. The first kappa shape index (κ1) is 20.5. The smallest absolute Gasteiger partial charge is 0.224 e. The van der Waals surface area contributed by atoms with Crippen LogP contribution in [0.25, 0.3) is 6.08 Å². The Hall–Kier alpha value is -4.23. The third-order valence-corrected chi connectivity index (χ3v) is 4.62. The minimum atomic E-state index is -0.515. The number of benzene rings is 2. The molecule has 30 heavy (non-hydrogen) atoms. The van der Waals surface area contributed by atoms with E-state index in [9.17, 15) is 4.79 Å². The Kier molecular flexibility index (Phi) is 6.36. The number of rotatable bonds is 5. The van der Waals surface area contributed by atoms with Gasteiger partial charge in [0.15, 0.2) is 0 Å². The van der Waals surface area contributed by atoms with Crippen LogP contribution >= 0.6 is 0 Å². The van der Waals surface area contributed by atoms with Gasteiger partial charge in [0.2, 0.25) is 5.96 Å². The van der Waals surface area contributed by atoms with Crippen molar-refractivity contribution in [3.8, 4) is 12.1 Å². The van der Waals surface area contributed by atoms with Gasteiger partial charge in [-0.3, -0.25) is 0 Å². The van der Waals surface area contributed by atoms with Gasteiger partial charge in [-0.2, -0.15) is 10.5 Å². The Labute approximate surface area is 175 Å². The molecule has 0 aromatic heterocycles. The second kappa shape index (κ2) is 9.31. The molecule has 0 bridgehead atoms. The van der Waals surface area contributed by atoms with Gasteiger partial charge in [0.25, 0.3) is 0 Å². The Morgan fingerprint density at radius 1 is 1.10 bits per heavy atom. The number of anilines is 2. The number of hydrogen-bond acceptors (Lipinski definition) is 7. The highest BCUT2D eigenvalue weighted by Gasteiger charge is 2.24. The predicted octanol–water partition coefficient (Wildman–Crippen LogP) is 3.82. The largest absolute Gasteiger partial charge is 0.362 e. The van der Waals surface area contributed by atoms with Crippen molar-refractivity contribution in [2.24, 2.45) is 15.9 Å². The van der Waals surface area contributed by atoms with Crippen LogP contribution < -0.4 is 10.6 Å². The van der Waals surface area contributed by atoms with Crippen LogP contribution in [0, 0.1) is 42.4 Å². The van der Waals surface area contributed by atoms with Crippen molar-refractivity contribution in [3.05, 3.63) is 64.7 Å². The molecular weight excluding hydrogens is 376 g/mol. The molecule has 0 aliphatic carbocycles. The summed E-state index contributed by atoms with van der Waals surface area (Å²) in [5.74, 6) is -0.132. The van der Waals surface area contributed by atoms with E-state index in [2.05, 4.69) is 26.7 Å². The molecule has 0 fully saturated rings. The van der Waals surface area contributed by atoms with Gasteiger partial charge < -0.3 is 15.4 Å². The van der Waals surface area contributed by atoms with Gasteiger partial charge in [-0.25, -0.2) is 9.98 Å². The van der Waals surface area contributed by atoms with Gasteiger partial charge >= 0.3 is 0 Å². The lowest BCUT2D eigenvalue weighted by molar-refractivity contribution is -0.109. The van der Waals surface area contributed by atoms with Gasteiger partial charge in [-0.1, -0.05) is 0 Å². The topological polar surface area (TPSA) is 113 Å². The average molecular weight is 396 g/mol. The normalized spacial score (nSPS) is 17.7. The number of carbonyl (C=O) groups is 1. The molecule has 2 N–H and O–H groups in total. The SMILES string of the molecule is Cc1cc(/C=C/C#N)cc(C)c1NC1N=C(Nc2ccc(C#N)cc2)N=CC1C=O. The van der Waals surface area contributed by atoms with E-state index in [0.717, 1.165) is 34.4 Å². The Morgan fingerprint density at radius 3 is 2.40 bits per heavy atom. The van der Waals surface area contributed by atoms with Gasteiger partial charge in [0.1, 0.15) is 12.5 Å². The summed E-state index contributed by atoms with van der Waals surface area (Å²) < 4.78 is 0. The van der Waals surface area contributed by atoms with E-state index in [1.165, 1.54) is 6.08 Å². The Morgan fingerprint density at radius 2 is 1.80 bits per heavy atom. The number of nitriles is 2. The molecule has 0 saturated carbocycles. The van der Waals surface area contributed by atoms with E-state index >= 15 is 0 Å². The number of aliphatic imine (C=N–C) groups is 2. The fraction of sp³-hybridized carbons (Fsp3) is 0.174. The van der Waals surface area contributed by atoms with Crippen LogP contribution in [0.4, 0.5) is 11.4 Å². The number of allylic oxidation sites excluding steroid dienone is 1. The third-order valence-electron chi connectivity index (χ3n) is 4.62. The maximum Gasteiger partial charge on any atom is 0.224 e. The molecule has 0 saturated heterocycles. The van der Waals surface area contributed by atoms with Crippen molar-refractivity contribution in [3.63, 3.8) is 0 Å². The molecule has 3 rings (SSSR count). The van der Waals surface area contributed by atoms with E-state index < -0.39 is 12.1 Å². The summed E-state index contributed by atoms with van der Waals surface area (Å²) >= 11 is 0. The fourth-order valence-corrected chi connectivity index (χ4v) is 3.15. The van der Waals surface area contributed by atoms with Crippen LogP contribution in [0.3, 0.4) is 0 Å². The molecule has 7 nitrogen and oxygen atoms in total. The molecule has 7 heteroatoms. The summed E-state index contributed by atoms with van der Waals surface area (Å²) in [6.07, 6.45) is 5.06. The molecule has 0 amide bonds. The van der Waals surface area contributed by atoms with Crippen molar-refractivity contribution < 1.29 is 4.79 Å². The number of nitrogens with one attached hydrogen (secondary N) is 2. The number of nitrogens with zero attached hydrogens (tertiary/aromatic N) is 4. The minimum Gasteiger partial charge on any atom is -0.362 e. The molecule has 2 unspecified atom stereocenters. The lowest BCUT2D eigenvalue weighted by Gasteiger charge is -2.25. The molecule has 1 aliphatic heterocycles. The van der Waals surface area contributed by atoms with E-state index in [1.54, 1.807) is 36.6 Å². The number of aryl methyl sites for hydroxylation is 2. The van der Waals surface area contributed by atoms with Crippen LogP contribution in [0.15, 0.2) is 52.5 Å². The number of guanidine groups is 1. The zero-order valence-corrected chi connectivity index (χ0v) is 16.6. The zero-order chi connectivity index (χ0) is 21.5. The molecule has 2 aromatic rings. The lowest BCUT2D eigenvalue weighted by Crippen LogP contribution is -2.35. The molecule has 0 spiro atoms. The summed E-state index contributed by atoms with van der Waals surface area (Å²) in [4.78, 5) is 20.4. The van der Waals surface area contributed by atoms with Gasteiger partial charge in [0.05, 0.1) is 23.6 Å². The number of hydrogen-bond donors (Lipinski definition) is 2. The van der Waals surface area contributed by atoms with Crippen molar-refractivity contribution in [2.75, 3.05) is 10.6 Å². The molecule has 1 aliphatic rings. The highest BCUT2D eigenvalue weighted by molar-refractivity contribution is 6.02. The van der Waals surface area contributed by atoms with Crippen LogP contribution in [0.5, 0.6) is 0 Å². The molecule has 2 aromatic carbocycles. The van der Waals surface area contributed by atoms with Gasteiger partial charge in [-0.05, 0) is 73.0 Å². The van der Waals surface area contributed by atoms with Crippen LogP contribution in [-0.4, -0.2) is 24.6 Å². The van der Waals surface area contributed by atoms with Gasteiger partial charge in [0, 0.05) is 23.7 Å². The first-order valence-corrected chi connectivity index (χ1v) is 9.32. The number of carbonyl (C=O) groups excluding carboxylic acids is 1. The van der Waals surface area contributed by atoms with E-state index in [-0.39, 0.29) is 0 Å². The fourth-order valence-electron chi connectivity index (χ4n) is 3.15. The van der Waals surface area contributed by atoms with Crippen molar-refractivity contribution >= 4 is 35.9 Å². The first-order valence-electron chi connectivity index (χ1n) is 9.32. The monoisotopic (exact) mass is 396 g/mol. The summed E-state index contributed by atoms with van der Waals surface area (Å²) in [6, 6.07) is 14.9. The van der Waals surface area contributed by atoms with Crippen LogP contribution in [0.1, 0.15) is 22.3 Å². The summed E-state index contributed by atoms with van der Waals surface area (Å²) in [5.41, 5.74) is 5.09. The zero-order valence-electron chi connectivity index (χ0n) is 16.6. The second-order valence-electron chi connectivity index (χ2n) is 6.84. The predicted molar refractivity (Wildman–Crippen MR) is 118 cm³/mol. The Bertz CT molecular complexity index is 1090. The molecular formula is C23H20N6O. The standard InChI is InChI=1S/C23H20N6O/c1-15-10-18(4-3-9-24)11-16(2)21(15)28-22-19(14-30)13-26-23(29-22)27-20-7-5-17(12-25)6-8-20/h3-8,10-11,13-14,19,22,28H,1-2H3,(H,27,29)/b4-3+. The Balaban J connectivity index is 1.83. The molecule has 1 heterocycles. The quantitative estimate of drug-likeness (QED) is 0.589. The van der Waals surface area contributed by atoms with E-state index in [4.69, 9.17) is 10.5 Å². The van der Waals surface area contributed by atoms with Crippen molar-refractivity contribution in [1.29, 1.82) is 10.5 Å². The molecule has 148 valence electrons. The summed E-state index contributed by atoms with van der Waals surface area (Å²) in [6.45, 7) is 3.93. The lowest BCUT2D eigenvalue weighted by atomic mass is 10.0. The average Bonchev–Trinajstić information content (AvgIpc) is 2.75. The summed E-state index contributed by atoms with van der Waals surface area (Å²) in [5, 5.41) is 24.1. The molecule has 0 radical (unpaired) electrons. The van der Waals surface area contributed by atoms with Crippen LogP contribution in [-0.2, 0) is 4.79 Å². The summed E-state index contributed by atoms with van der Waals surface area (Å²) in [7, 11) is 0. The highest BCUT2D eigenvalue weighted by Crippen LogP contribution is 2.26. The number of aldehydes is 1. The second-order valence-corrected chi connectivity index (χ2v) is 6.84. The first-order chi connectivity index (χ1) is 14.5. The maximum atomic E-state index is 11.5. The maximum absolute atomic E-state index is 11.5. The third kappa shape index (κ3) is 4.78. The van der Waals surface area contributed by atoms with Crippen molar-refractivity contribution in [1.82, 2.24) is 0 Å². The van der Waals surface area contributed by atoms with Crippen LogP contribution in [0.2, 0.25) is 0 Å². The highest BCUT2D eigenvalue weighted by atomic mass is 16.1.